The van der Waals surface area contributed by atoms with E-state index in [1.807, 2.05) is 26.0 Å². The van der Waals surface area contributed by atoms with Gasteiger partial charge in [0.05, 0.1) is 5.69 Å². The third-order valence-corrected chi connectivity index (χ3v) is 5.74. The Bertz CT molecular complexity index is 1220. The number of amides is 3. The normalized spacial score (nSPS) is 13.7. The van der Waals surface area contributed by atoms with Gasteiger partial charge in [-0.05, 0) is 55.3 Å². The van der Waals surface area contributed by atoms with Crippen molar-refractivity contribution in [3.8, 4) is 0 Å². The number of imide groups is 1. The summed E-state index contributed by atoms with van der Waals surface area (Å²) in [7, 11) is 0. The second-order valence-corrected chi connectivity index (χ2v) is 8.19. The molecule has 0 spiro atoms. The Morgan fingerprint density at radius 1 is 1.06 bits per heavy atom. The number of thiazole rings is 1. The molecule has 2 N–H and O–H groups in total. The summed E-state index contributed by atoms with van der Waals surface area (Å²) in [6.07, 6.45) is 1.60. The summed E-state index contributed by atoms with van der Waals surface area (Å²) in [6, 6.07) is 12.0. The minimum Gasteiger partial charge on any atom is -0.350 e. The van der Waals surface area contributed by atoms with E-state index in [0.29, 0.717) is 22.1 Å². The van der Waals surface area contributed by atoms with Crippen LogP contribution in [0.1, 0.15) is 21.5 Å². The Morgan fingerprint density at radius 2 is 1.81 bits per heavy atom. The zero-order valence-corrected chi connectivity index (χ0v) is 18.2. The number of nitrogens with zero attached hydrogens (tertiary/aromatic N) is 2. The van der Waals surface area contributed by atoms with Crippen molar-refractivity contribution in [3.05, 3.63) is 81.5 Å². The fraction of sp³-hybridized carbons (Fsp3) is 0.0909. The van der Waals surface area contributed by atoms with Crippen LogP contribution in [-0.2, 0) is 9.59 Å². The van der Waals surface area contributed by atoms with Crippen molar-refractivity contribution in [2.45, 2.75) is 13.8 Å². The Balaban J connectivity index is 1.52. The number of rotatable bonds is 5. The van der Waals surface area contributed by atoms with Crippen molar-refractivity contribution in [2.24, 2.45) is 0 Å². The summed E-state index contributed by atoms with van der Waals surface area (Å²) in [5.74, 6) is -1.41. The SMILES string of the molecule is Cc1ccc(C)c(N2C(=O)C(Cl)=C(Nc3ccc(C(=O)Nc4nccs4)cc3)C2=O)c1. The molecule has 0 saturated carbocycles. The molecule has 3 aromatic rings. The Hall–Kier alpha value is -3.49. The molecule has 31 heavy (non-hydrogen) atoms. The van der Waals surface area contributed by atoms with Gasteiger partial charge in [-0.15, -0.1) is 11.3 Å². The molecule has 0 atom stereocenters. The predicted molar refractivity (Wildman–Crippen MR) is 121 cm³/mol. The van der Waals surface area contributed by atoms with E-state index in [-0.39, 0.29) is 16.6 Å². The number of hydrogen-bond donors (Lipinski definition) is 2. The third-order valence-electron chi connectivity index (χ3n) is 4.70. The van der Waals surface area contributed by atoms with Gasteiger partial charge >= 0.3 is 0 Å². The number of anilines is 3. The van der Waals surface area contributed by atoms with Crippen LogP contribution in [0.5, 0.6) is 0 Å². The summed E-state index contributed by atoms with van der Waals surface area (Å²) in [4.78, 5) is 43.0. The van der Waals surface area contributed by atoms with Crippen LogP contribution in [0.3, 0.4) is 0 Å². The average Bonchev–Trinajstić information content (AvgIpc) is 3.33. The van der Waals surface area contributed by atoms with Gasteiger partial charge in [-0.1, -0.05) is 23.7 Å². The van der Waals surface area contributed by atoms with Crippen molar-refractivity contribution in [1.82, 2.24) is 4.98 Å². The van der Waals surface area contributed by atoms with Crippen LogP contribution < -0.4 is 15.5 Å². The molecule has 0 bridgehead atoms. The van der Waals surface area contributed by atoms with Crippen molar-refractivity contribution >= 4 is 57.2 Å². The molecule has 1 aliphatic rings. The van der Waals surface area contributed by atoms with Crippen LogP contribution in [0.25, 0.3) is 0 Å². The van der Waals surface area contributed by atoms with Crippen LogP contribution in [0.4, 0.5) is 16.5 Å². The standard InChI is InChI=1S/C22H17ClN4O3S/c1-12-3-4-13(2)16(11-12)27-20(29)17(23)18(21(27)30)25-15-7-5-14(6-8-15)19(28)26-22-24-9-10-31-22/h3-11,25H,1-2H3,(H,24,26,28). The number of carbonyl (C=O) groups is 3. The minimum absolute atomic E-state index is 0.00689. The monoisotopic (exact) mass is 452 g/mol. The molecule has 0 aliphatic carbocycles. The number of benzene rings is 2. The van der Waals surface area contributed by atoms with Crippen molar-refractivity contribution in [2.75, 3.05) is 15.5 Å². The summed E-state index contributed by atoms with van der Waals surface area (Å²) in [6.45, 7) is 3.71. The smallest absolute Gasteiger partial charge is 0.283 e. The number of halogens is 1. The van der Waals surface area contributed by atoms with Crippen LogP contribution in [0, 0.1) is 13.8 Å². The maximum Gasteiger partial charge on any atom is 0.283 e. The Labute approximate surface area is 187 Å². The number of carbonyl (C=O) groups excluding carboxylic acids is 3. The van der Waals surface area contributed by atoms with E-state index in [1.165, 1.54) is 11.3 Å². The molecule has 1 aliphatic heterocycles. The van der Waals surface area contributed by atoms with Gasteiger partial charge in [0.1, 0.15) is 10.7 Å². The molecule has 0 radical (unpaired) electrons. The molecule has 1 aromatic heterocycles. The van der Waals surface area contributed by atoms with Crippen molar-refractivity contribution in [1.29, 1.82) is 0 Å². The van der Waals surface area contributed by atoms with Gasteiger partial charge in [-0.2, -0.15) is 0 Å². The highest BCUT2D eigenvalue weighted by atomic mass is 35.5. The predicted octanol–water partition coefficient (Wildman–Crippen LogP) is 4.45. The zero-order chi connectivity index (χ0) is 22.1. The minimum atomic E-state index is -0.581. The van der Waals surface area contributed by atoms with E-state index in [0.717, 1.165) is 16.0 Å². The fourth-order valence-electron chi connectivity index (χ4n) is 3.09. The molecule has 0 saturated heterocycles. The maximum absolute atomic E-state index is 13.0. The highest BCUT2D eigenvalue weighted by Crippen LogP contribution is 2.32. The second kappa shape index (κ2) is 8.33. The lowest BCUT2D eigenvalue weighted by Gasteiger charge is -2.18. The summed E-state index contributed by atoms with van der Waals surface area (Å²) >= 11 is 7.53. The molecule has 3 amide bonds. The molecule has 9 heteroatoms. The van der Waals surface area contributed by atoms with Crippen LogP contribution in [0.15, 0.2) is 64.8 Å². The zero-order valence-electron chi connectivity index (χ0n) is 16.6. The lowest BCUT2D eigenvalue weighted by Crippen LogP contribution is -2.32. The molecule has 4 rings (SSSR count). The number of hydrogen-bond acceptors (Lipinski definition) is 6. The van der Waals surface area contributed by atoms with Crippen LogP contribution in [-0.4, -0.2) is 22.7 Å². The second-order valence-electron chi connectivity index (χ2n) is 6.92. The highest BCUT2D eigenvalue weighted by Gasteiger charge is 2.39. The van der Waals surface area contributed by atoms with E-state index in [2.05, 4.69) is 15.6 Å². The van der Waals surface area contributed by atoms with Crippen LogP contribution >= 0.6 is 22.9 Å². The van der Waals surface area contributed by atoms with E-state index in [9.17, 15) is 14.4 Å². The van der Waals surface area contributed by atoms with Gasteiger partial charge in [-0.3, -0.25) is 19.7 Å². The largest absolute Gasteiger partial charge is 0.350 e. The Morgan fingerprint density at radius 3 is 2.48 bits per heavy atom. The van der Waals surface area contributed by atoms with E-state index in [4.69, 9.17) is 11.6 Å². The average molecular weight is 453 g/mol. The van der Waals surface area contributed by atoms with E-state index >= 15 is 0 Å². The van der Waals surface area contributed by atoms with Gasteiger partial charge in [0, 0.05) is 22.8 Å². The lowest BCUT2D eigenvalue weighted by molar-refractivity contribution is -0.120. The van der Waals surface area contributed by atoms with Crippen LogP contribution in [0.2, 0.25) is 0 Å². The van der Waals surface area contributed by atoms with E-state index < -0.39 is 11.8 Å². The summed E-state index contributed by atoms with van der Waals surface area (Å²) in [5.41, 5.74) is 3.14. The van der Waals surface area contributed by atoms with Gasteiger partial charge in [0.15, 0.2) is 5.13 Å². The molecule has 156 valence electrons. The first-order valence-electron chi connectivity index (χ1n) is 9.29. The molecular weight excluding hydrogens is 436 g/mol. The summed E-state index contributed by atoms with van der Waals surface area (Å²) < 4.78 is 0. The van der Waals surface area contributed by atoms with Gasteiger partial charge in [0.2, 0.25) is 0 Å². The molecule has 2 heterocycles. The third kappa shape index (κ3) is 4.08. The van der Waals surface area contributed by atoms with E-state index in [1.54, 1.807) is 41.9 Å². The quantitative estimate of drug-likeness (QED) is 0.558. The van der Waals surface area contributed by atoms with Crippen molar-refractivity contribution < 1.29 is 14.4 Å². The first-order chi connectivity index (χ1) is 14.8. The topological polar surface area (TPSA) is 91.4 Å². The molecular formula is C22H17ClN4O3S. The Kier molecular flexibility index (Phi) is 5.58. The van der Waals surface area contributed by atoms with Gasteiger partial charge < -0.3 is 5.32 Å². The lowest BCUT2D eigenvalue weighted by atomic mass is 10.1. The highest BCUT2D eigenvalue weighted by molar-refractivity contribution is 7.13. The molecule has 0 unspecified atom stereocenters. The first-order valence-corrected chi connectivity index (χ1v) is 10.5. The van der Waals surface area contributed by atoms with Crippen molar-refractivity contribution in [3.63, 3.8) is 0 Å². The first kappa shape index (κ1) is 20.8. The van der Waals surface area contributed by atoms with Gasteiger partial charge in [0.25, 0.3) is 17.7 Å². The maximum atomic E-state index is 13.0. The fourth-order valence-corrected chi connectivity index (χ4v) is 3.83. The molecule has 0 fully saturated rings. The van der Waals surface area contributed by atoms with Gasteiger partial charge in [-0.25, -0.2) is 9.88 Å². The number of aromatic nitrogens is 1. The number of aryl methyl sites for hydroxylation is 2. The number of nitrogens with one attached hydrogen (secondary N) is 2. The summed E-state index contributed by atoms with van der Waals surface area (Å²) in [5, 5.41) is 7.69. The molecule has 7 nitrogen and oxygen atoms in total. The molecule has 2 aromatic carbocycles.